The van der Waals surface area contributed by atoms with E-state index in [2.05, 4.69) is 4.72 Å². The Morgan fingerprint density at radius 3 is 2.62 bits per heavy atom. The zero-order valence-electron chi connectivity index (χ0n) is 11.7. The molecule has 0 aliphatic heterocycles. The van der Waals surface area contributed by atoms with Crippen LogP contribution in [0.4, 0.5) is 11.4 Å². The molecule has 21 heavy (non-hydrogen) atoms. The lowest BCUT2D eigenvalue weighted by Gasteiger charge is -2.12. The van der Waals surface area contributed by atoms with Crippen LogP contribution < -0.4 is 10.5 Å². The third-order valence-corrected chi connectivity index (χ3v) is 4.13. The number of anilines is 2. The molecule has 0 saturated carbocycles. The summed E-state index contributed by atoms with van der Waals surface area (Å²) in [5.74, 6) is -0.126. The summed E-state index contributed by atoms with van der Waals surface area (Å²) in [5, 5.41) is 0. The van der Waals surface area contributed by atoms with Crippen molar-refractivity contribution < 1.29 is 13.2 Å². The molecule has 0 unspecified atom stereocenters. The number of nitrogens with two attached hydrogens (primary N) is 1. The maximum Gasteiger partial charge on any atom is 0.236 e. The molecule has 0 heterocycles. The Kier molecular flexibility index (Phi) is 4.82. The Hall–Kier alpha value is -2.05. The minimum Gasteiger partial charge on any atom is -0.399 e. The van der Waals surface area contributed by atoms with Crippen molar-refractivity contribution >= 4 is 21.4 Å². The third kappa shape index (κ3) is 4.47. The van der Waals surface area contributed by atoms with Crippen molar-refractivity contribution in [1.82, 2.24) is 0 Å². The minimum atomic E-state index is -3.51. The number of hydrogen-bond acceptors (Lipinski definition) is 4. The van der Waals surface area contributed by atoms with E-state index < -0.39 is 10.0 Å². The van der Waals surface area contributed by atoms with Gasteiger partial charge in [-0.3, -0.25) is 4.72 Å². The second-order valence-corrected chi connectivity index (χ2v) is 6.42. The van der Waals surface area contributed by atoms with Gasteiger partial charge in [0.2, 0.25) is 10.0 Å². The van der Waals surface area contributed by atoms with Gasteiger partial charge in [-0.25, -0.2) is 8.42 Å². The minimum absolute atomic E-state index is 0.126. The van der Waals surface area contributed by atoms with Crippen molar-refractivity contribution in [2.75, 3.05) is 17.6 Å². The van der Waals surface area contributed by atoms with Gasteiger partial charge >= 0.3 is 0 Å². The van der Waals surface area contributed by atoms with Gasteiger partial charge < -0.3 is 10.5 Å². The van der Waals surface area contributed by atoms with Crippen LogP contribution in [0.15, 0.2) is 48.5 Å². The zero-order chi connectivity index (χ0) is 15.3. The molecular formula is C15H18N2O3S. The van der Waals surface area contributed by atoms with Gasteiger partial charge in [-0.1, -0.05) is 30.3 Å². The smallest absolute Gasteiger partial charge is 0.236 e. The van der Waals surface area contributed by atoms with Crippen LogP contribution >= 0.6 is 0 Å². The van der Waals surface area contributed by atoms with Crippen LogP contribution in [0.5, 0.6) is 0 Å². The molecule has 2 aromatic rings. The van der Waals surface area contributed by atoms with E-state index in [1.54, 1.807) is 43.5 Å². The molecule has 0 saturated heterocycles. The number of ether oxygens (including phenoxy) is 1. The lowest BCUT2D eigenvalue weighted by molar-refractivity contribution is 0.185. The fraction of sp³-hybridized carbons (Fsp3) is 0.200. The maximum atomic E-state index is 12.2. The van der Waals surface area contributed by atoms with E-state index in [0.717, 1.165) is 5.56 Å². The van der Waals surface area contributed by atoms with Crippen molar-refractivity contribution in [3.63, 3.8) is 0 Å². The summed E-state index contributed by atoms with van der Waals surface area (Å²) in [4.78, 5) is 0. The van der Waals surface area contributed by atoms with Gasteiger partial charge in [-0.15, -0.1) is 0 Å². The summed E-state index contributed by atoms with van der Waals surface area (Å²) in [6.45, 7) is 0.344. The first-order valence-electron chi connectivity index (χ1n) is 6.42. The highest BCUT2D eigenvalue weighted by molar-refractivity contribution is 7.91. The van der Waals surface area contributed by atoms with Crippen molar-refractivity contribution in [3.8, 4) is 0 Å². The van der Waals surface area contributed by atoms with Gasteiger partial charge in [-0.05, 0) is 23.8 Å². The quantitative estimate of drug-likeness (QED) is 0.803. The van der Waals surface area contributed by atoms with Crippen molar-refractivity contribution in [3.05, 3.63) is 59.7 Å². The molecule has 0 aromatic heterocycles. The zero-order valence-corrected chi connectivity index (χ0v) is 12.6. The lowest BCUT2D eigenvalue weighted by atomic mass is 10.2. The number of para-hydroxylation sites is 1. The molecule has 0 amide bonds. The summed E-state index contributed by atoms with van der Waals surface area (Å²) in [6, 6.07) is 14.0. The number of nitrogen functional groups attached to an aromatic ring is 1. The maximum absolute atomic E-state index is 12.2. The molecule has 0 fully saturated rings. The number of benzene rings is 2. The van der Waals surface area contributed by atoms with Crippen molar-refractivity contribution in [2.24, 2.45) is 0 Å². The average Bonchev–Trinajstić information content (AvgIpc) is 2.40. The number of nitrogens with one attached hydrogen (secondary N) is 1. The molecule has 0 spiro atoms. The van der Waals surface area contributed by atoms with Crippen LogP contribution in [0, 0.1) is 0 Å². The van der Waals surface area contributed by atoms with Gasteiger partial charge in [0.05, 0.1) is 18.0 Å². The third-order valence-electron chi connectivity index (χ3n) is 2.89. The van der Waals surface area contributed by atoms with Crippen molar-refractivity contribution in [2.45, 2.75) is 12.4 Å². The molecule has 0 bridgehead atoms. The SMILES string of the molecule is COCc1ccccc1NS(=O)(=O)Cc1cccc(N)c1. The fourth-order valence-electron chi connectivity index (χ4n) is 2.01. The lowest BCUT2D eigenvalue weighted by Crippen LogP contribution is -2.16. The van der Waals surface area contributed by atoms with Crippen LogP contribution in [-0.4, -0.2) is 15.5 Å². The Morgan fingerprint density at radius 1 is 1.14 bits per heavy atom. The Morgan fingerprint density at radius 2 is 1.90 bits per heavy atom. The Bertz CT molecular complexity index is 714. The van der Waals surface area contributed by atoms with Crippen LogP contribution in [-0.2, 0) is 27.1 Å². The van der Waals surface area contributed by atoms with Crippen LogP contribution in [0.2, 0.25) is 0 Å². The number of methoxy groups -OCH3 is 1. The molecule has 2 aromatic carbocycles. The summed E-state index contributed by atoms with van der Waals surface area (Å²) in [7, 11) is -1.94. The van der Waals surface area contributed by atoms with Crippen LogP contribution in [0.3, 0.4) is 0 Å². The topological polar surface area (TPSA) is 81.4 Å². The van der Waals surface area contributed by atoms with Gasteiger partial charge in [0.1, 0.15) is 0 Å². The molecule has 0 radical (unpaired) electrons. The van der Waals surface area contributed by atoms with E-state index in [1.165, 1.54) is 0 Å². The summed E-state index contributed by atoms with van der Waals surface area (Å²) >= 11 is 0. The predicted molar refractivity (Wildman–Crippen MR) is 84.3 cm³/mol. The molecule has 6 heteroatoms. The molecule has 112 valence electrons. The highest BCUT2D eigenvalue weighted by atomic mass is 32.2. The Labute approximate surface area is 124 Å². The number of sulfonamides is 1. The van der Waals surface area contributed by atoms with E-state index in [9.17, 15) is 8.42 Å². The highest BCUT2D eigenvalue weighted by Crippen LogP contribution is 2.19. The summed E-state index contributed by atoms with van der Waals surface area (Å²) in [5.41, 5.74) is 8.17. The van der Waals surface area contributed by atoms with Gasteiger partial charge in [0.25, 0.3) is 0 Å². The fourth-order valence-corrected chi connectivity index (χ4v) is 3.23. The first-order valence-corrected chi connectivity index (χ1v) is 8.07. The van der Waals surface area contributed by atoms with E-state index in [1.807, 2.05) is 12.1 Å². The predicted octanol–water partition coefficient (Wildman–Crippen LogP) is 2.36. The van der Waals surface area contributed by atoms with E-state index in [0.29, 0.717) is 23.5 Å². The average molecular weight is 306 g/mol. The number of hydrogen-bond donors (Lipinski definition) is 2. The molecule has 3 N–H and O–H groups in total. The first-order chi connectivity index (χ1) is 10.00. The monoisotopic (exact) mass is 306 g/mol. The van der Waals surface area contributed by atoms with Gasteiger partial charge in [0.15, 0.2) is 0 Å². The Balaban J connectivity index is 2.18. The van der Waals surface area contributed by atoms with Gasteiger partial charge in [-0.2, -0.15) is 0 Å². The molecule has 2 rings (SSSR count). The second-order valence-electron chi connectivity index (χ2n) is 4.70. The van der Waals surface area contributed by atoms with Gasteiger partial charge in [0, 0.05) is 18.4 Å². The van der Waals surface area contributed by atoms with Crippen LogP contribution in [0.1, 0.15) is 11.1 Å². The molecule has 5 nitrogen and oxygen atoms in total. The van der Waals surface area contributed by atoms with E-state index in [4.69, 9.17) is 10.5 Å². The highest BCUT2D eigenvalue weighted by Gasteiger charge is 2.14. The summed E-state index contributed by atoms with van der Waals surface area (Å²) in [6.07, 6.45) is 0. The largest absolute Gasteiger partial charge is 0.399 e. The first kappa shape index (κ1) is 15.3. The van der Waals surface area contributed by atoms with Crippen molar-refractivity contribution in [1.29, 1.82) is 0 Å². The molecule has 0 aliphatic carbocycles. The molecular weight excluding hydrogens is 288 g/mol. The van der Waals surface area contributed by atoms with Crippen LogP contribution in [0.25, 0.3) is 0 Å². The molecule has 0 atom stereocenters. The standard InChI is InChI=1S/C15H18N2O3S/c1-20-10-13-6-2-3-8-15(13)17-21(18,19)11-12-5-4-7-14(16)9-12/h2-9,17H,10-11,16H2,1H3. The number of rotatable bonds is 6. The normalized spacial score (nSPS) is 11.3. The molecule has 0 aliphatic rings. The van der Waals surface area contributed by atoms with E-state index >= 15 is 0 Å². The second kappa shape index (κ2) is 6.60. The summed E-state index contributed by atoms with van der Waals surface area (Å²) < 4.78 is 32.1. The van der Waals surface area contributed by atoms with E-state index in [-0.39, 0.29) is 5.75 Å².